The molecule has 6 nitrogen and oxygen atoms in total. The average Bonchev–Trinajstić information content (AvgIpc) is 3.09. The number of carbonyl (C=O) groups is 1. The summed E-state index contributed by atoms with van der Waals surface area (Å²) in [6.07, 6.45) is 5.19. The van der Waals surface area contributed by atoms with Crippen LogP contribution in [0.4, 0.5) is 0 Å². The van der Waals surface area contributed by atoms with E-state index in [0.29, 0.717) is 18.1 Å². The second-order valence-electron chi connectivity index (χ2n) is 5.99. The van der Waals surface area contributed by atoms with Crippen molar-refractivity contribution in [2.24, 2.45) is 0 Å². The molecule has 0 aliphatic carbocycles. The number of carbonyl (C=O) groups excluding carboxylic acids is 1. The summed E-state index contributed by atoms with van der Waals surface area (Å²) in [5.41, 5.74) is 0. The molecule has 1 fully saturated rings. The molecular weight excluding hydrogens is 346 g/mol. The van der Waals surface area contributed by atoms with Crippen molar-refractivity contribution >= 4 is 27.7 Å². The molecule has 0 saturated carbocycles. The van der Waals surface area contributed by atoms with E-state index >= 15 is 0 Å². The van der Waals surface area contributed by atoms with Gasteiger partial charge < -0.3 is 5.32 Å². The summed E-state index contributed by atoms with van der Waals surface area (Å²) in [7, 11) is -3.43. The minimum atomic E-state index is -3.43. The third-order valence-corrected chi connectivity index (χ3v) is 6.72. The van der Waals surface area contributed by atoms with E-state index in [2.05, 4.69) is 17.2 Å². The highest BCUT2D eigenvalue weighted by Gasteiger charge is 2.27. The number of rotatable bonds is 8. The van der Waals surface area contributed by atoms with Crippen molar-refractivity contribution in [1.29, 1.82) is 0 Å². The highest BCUT2D eigenvalue weighted by atomic mass is 32.2. The Balaban J connectivity index is 1.89. The summed E-state index contributed by atoms with van der Waals surface area (Å²) in [5, 5.41) is 3.58. The molecule has 1 atom stereocenters. The van der Waals surface area contributed by atoms with Gasteiger partial charge in [-0.15, -0.1) is 0 Å². The second kappa shape index (κ2) is 8.82. The standard InChI is InChI=1S/C16H25N3O3S2/c1-3-6-13(2)18-15(20)12-23-16-8-7-14(11-17-16)24(21,22)19-9-4-5-10-19/h7-8,11,13H,3-6,9-10,12H2,1-2H3,(H,18,20)/t13-/m1/s1. The highest BCUT2D eigenvalue weighted by Crippen LogP contribution is 2.22. The predicted octanol–water partition coefficient (Wildman–Crippen LogP) is 2.26. The van der Waals surface area contributed by atoms with E-state index in [-0.39, 0.29) is 22.6 Å². The predicted molar refractivity (Wildman–Crippen MR) is 95.5 cm³/mol. The van der Waals surface area contributed by atoms with Crippen LogP contribution in [0.2, 0.25) is 0 Å². The Kier molecular flexibility index (Phi) is 7.06. The molecule has 1 N–H and O–H groups in total. The molecule has 2 heterocycles. The van der Waals surface area contributed by atoms with Crippen LogP contribution in [0.25, 0.3) is 0 Å². The fourth-order valence-electron chi connectivity index (χ4n) is 2.64. The van der Waals surface area contributed by atoms with Crippen molar-refractivity contribution in [2.45, 2.75) is 55.5 Å². The Hall–Kier alpha value is -1.12. The van der Waals surface area contributed by atoms with Crippen molar-refractivity contribution in [1.82, 2.24) is 14.6 Å². The molecule has 1 aliphatic rings. The van der Waals surface area contributed by atoms with Crippen LogP contribution in [-0.2, 0) is 14.8 Å². The third kappa shape index (κ3) is 5.19. The van der Waals surface area contributed by atoms with Gasteiger partial charge in [0.05, 0.1) is 10.8 Å². The topological polar surface area (TPSA) is 79.4 Å². The first-order valence-electron chi connectivity index (χ1n) is 8.32. The van der Waals surface area contributed by atoms with Gasteiger partial charge >= 0.3 is 0 Å². The molecule has 1 aliphatic heterocycles. The zero-order chi connectivity index (χ0) is 17.6. The van der Waals surface area contributed by atoms with Gasteiger partial charge in [-0.2, -0.15) is 4.31 Å². The number of pyridine rings is 1. The van der Waals surface area contributed by atoms with Gasteiger partial charge in [0.25, 0.3) is 0 Å². The SMILES string of the molecule is CCC[C@@H](C)NC(=O)CSc1ccc(S(=O)(=O)N2CCCC2)cn1. The summed E-state index contributed by atoms with van der Waals surface area (Å²) in [6.45, 7) is 5.23. The van der Waals surface area contributed by atoms with Crippen molar-refractivity contribution in [3.8, 4) is 0 Å². The van der Waals surface area contributed by atoms with Gasteiger partial charge in [0, 0.05) is 25.3 Å². The lowest BCUT2D eigenvalue weighted by molar-refractivity contribution is -0.119. The molecule has 1 aromatic rings. The molecule has 0 bridgehead atoms. The lowest BCUT2D eigenvalue weighted by Gasteiger charge is -2.15. The summed E-state index contributed by atoms with van der Waals surface area (Å²) in [6, 6.07) is 3.40. The fourth-order valence-corrected chi connectivity index (χ4v) is 4.76. The van der Waals surface area contributed by atoms with Crippen LogP contribution >= 0.6 is 11.8 Å². The Morgan fingerprint density at radius 3 is 2.67 bits per heavy atom. The number of thioether (sulfide) groups is 1. The van der Waals surface area contributed by atoms with Crippen LogP contribution in [0.5, 0.6) is 0 Å². The van der Waals surface area contributed by atoms with Crippen LogP contribution in [0.1, 0.15) is 39.5 Å². The first-order chi connectivity index (χ1) is 11.4. The van der Waals surface area contributed by atoms with Gasteiger partial charge in [-0.25, -0.2) is 13.4 Å². The van der Waals surface area contributed by atoms with Crippen LogP contribution in [-0.4, -0.2) is 48.5 Å². The molecule has 2 rings (SSSR count). The van der Waals surface area contributed by atoms with E-state index in [0.717, 1.165) is 25.7 Å². The van der Waals surface area contributed by atoms with E-state index < -0.39 is 10.0 Å². The maximum absolute atomic E-state index is 12.4. The van der Waals surface area contributed by atoms with E-state index in [1.54, 1.807) is 12.1 Å². The van der Waals surface area contributed by atoms with Crippen LogP contribution in [0.15, 0.2) is 28.3 Å². The normalized spacial score (nSPS) is 16.9. The highest BCUT2D eigenvalue weighted by molar-refractivity contribution is 7.99. The molecule has 0 radical (unpaired) electrons. The van der Waals surface area contributed by atoms with E-state index in [1.807, 2.05) is 6.92 Å². The molecule has 24 heavy (non-hydrogen) atoms. The molecule has 1 aromatic heterocycles. The Morgan fingerprint density at radius 2 is 2.08 bits per heavy atom. The minimum Gasteiger partial charge on any atom is -0.353 e. The summed E-state index contributed by atoms with van der Waals surface area (Å²) < 4.78 is 26.3. The molecule has 134 valence electrons. The van der Waals surface area contributed by atoms with Crippen molar-refractivity contribution in [3.05, 3.63) is 18.3 Å². The number of hydrogen-bond acceptors (Lipinski definition) is 5. The Bertz CT molecular complexity index is 641. The van der Waals surface area contributed by atoms with Gasteiger partial charge in [0.1, 0.15) is 4.90 Å². The van der Waals surface area contributed by atoms with Gasteiger partial charge in [-0.05, 0) is 38.3 Å². The number of amides is 1. The molecule has 0 unspecified atom stereocenters. The first-order valence-corrected chi connectivity index (χ1v) is 10.7. The van der Waals surface area contributed by atoms with Crippen LogP contribution in [0.3, 0.4) is 0 Å². The smallest absolute Gasteiger partial charge is 0.244 e. The monoisotopic (exact) mass is 371 g/mol. The zero-order valence-corrected chi connectivity index (χ0v) is 15.8. The van der Waals surface area contributed by atoms with Crippen molar-refractivity contribution in [2.75, 3.05) is 18.8 Å². The maximum atomic E-state index is 12.4. The second-order valence-corrected chi connectivity index (χ2v) is 8.92. The van der Waals surface area contributed by atoms with E-state index in [9.17, 15) is 13.2 Å². The number of nitrogens with zero attached hydrogens (tertiary/aromatic N) is 2. The summed E-state index contributed by atoms with van der Waals surface area (Å²) in [4.78, 5) is 16.2. The van der Waals surface area contributed by atoms with Crippen molar-refractivity contribution in [3.63, 3.8) is 0 Å². The van der Waals surface area contributed by atoms with E-state index in [4.69, 9.17) is 0 Å². The maximum Gasteiger partial charge on any atom is 0.244 e. The van der Waals surface area contributed by atoms with Crippen LogP contribution in [0, 0.1) is 0 Å². The lowest BCUT2D eigenvalue weighted by Crippen LogP contribution is -2.33. The third-order valence-electron chi connectivity index (χ3n) is 3.89. The number of nitrogens with one attached hydrogen (secondary N) is 1. The van der Waals surface area contributed by atoms with Gasteiger partial charge in [0.2, 0.25) is 15.9 Å². The molecule has 0 aromatic carbocycles. The minimum absolute atomic E-state index is 0.0310. The van der Waals surface area contributed by atoms with Gasteiger partial charge in [0.15, 0.2) is 0 Å². The summed E-state index contributed by atoms with van der Waals surface area (Å²) >= 11 is 1.31. The lowest BCUT2D eigenvalue weighted by atomic mass is 10.2. The molecule has 0 spiro atoms. The zero-order valence-electron chi connectivity index (χ0n) is 14.2. The largest absolute Gasteiger partial charge is 0.353 e. The Labute approximate surface area is 148 Å². The number of aromatic nitrogens is 1. The Morgan fingerprint density at radius 1 is 1.38 bits per heavy atom. The molecular formula is C16H25N3O3S2. The molecule has 1 amide bonds. The number of sulfonamides is 1. The molecule has 1 saturated heterocycles. The average molecular weight is 372 g/mol. The van der Waals surface area contributed by atoms with Gasteiger partial charge in [-0.1, -0.05) is 25.1 Å². The molecule has 8 heteroatoms. The fraction of sp³-hybridized carbons (Fsp3) is 0.625. The first kappa shape index (κ1) is 19.2. The van der Waals surface area contributed by atoms with Crippen molar-refractivity contribution < 1.29 is 13.2 Å². The van der Waals surface area contributed by atoms with E-state index in [1.165, 1.54) is 22.3 Å². The number of hydrogen-bond donors (Lipinski definition) is 1. The van der Waals surface area contributed by atoms with Gasteiger partial charge in [-0.3, -0.25) is 4.79 Å². The quantitative estimate of drug-likeness (QED) is 0.709. The summed E-state index contributed by atoms with van der Waals surface area (Å²) in [5.74, 6) is 0.246. The van der Waals surface area contributed by atoms with Crippen LogP contribution < -0.4 is 5.32 Å².